The highest BCUT2D eigenvalue weighted by Gasteiger charge is 2.18. The van der Waals surface area contributed by atoms with E-state index < -0.39 is 0 Å². The molecule has 0 bridgehead atoms. The van der Waals surface area contributed by atoms with E-state index in [0.29, 0.717) is 17.3 Å². The van der Waals surface area contributed by atoms with E-state index in [1.54, 1.807) is 0 Å². The van der Waals surface area contributed by atoms with Crippen LogP contribution in [0.2, 0.25) is 0 Å². The van der Waals surface area contributed by atoms with Crippen LogP contribution in [0, 0.1) is 25.2 Å². The molecule has 2 aromatic heterocycles. The predicted octanol–water partition coefficient (Wildman–Crippen LogP) is 1.95. The first kappa shape index (κ1) is 14.8. The largest absolute Gasteiger partial charge is 0.382 e. The van der Waals surface area contributed by atoms with Gasteiger partial charge in [-0.2, -0.15) is 9.94 Å². The van der Waals surface area contributed by atoms with Crippen molar-refractivity contribution in [1.29, 1.82) is 5.26 Å². The molecule has 0 aliphatic heterocycles. The van der Waals surface area contributed by atoms with Gasteiger partial charge in [0.15, 0.2) is 11.6 Å². The predicted molar refractivity (Wildman–Crippen MR) is 81.2 cm³/mol. The monoisotopic (exact) mass is 285 g/mol. The molecule has 7 nitrogen and oxygen atoms in total. The summed E-state index contributed by atoms with van der Waals surface area (Å²) in [5, 5.41) is 16.7. The van der Waals surface area contributed by atoms with Crippen LogP contribution in [0.1, 0.15) is 36.7 Å². The van der Waals surface area contributed by atoms with Crippen LogP contribution in [0.15, 0.2) is 6.07 Å². The van der Waals surface area contributed by atoms with Crippen molar-refractivity contribution in [2.45, 2.75) is 33.6 Å². The molecule has 7 heteroatoms. The van der Waals surface area contributed by atoms with Crippen LogP contribution in [0.3, 0.4) is 0 Å². The first-order valence-corrected chi connectivity index (χ1v) is 6.92. The SMILES string of the molecule is CCCCNc1nn(-c2nc(C)cc(C)n2)c(N)c1C#N. The second kappa shape index (κ2) is 6.22. The maximum Gasteiger partial charge on any atom is 0.253 e. The average molecular weight is 285 g/mol. The Balaban J connectivity index is 2.42. The van der Waals surface area contributed by atoms with E-state index in [2.05, 4.69) is 33.4 Å². The zero-order valence-electron chi connectivity index (χ0n) is 12.5. The van der Waals surface area contributed by atoms with E-state index in [4.69, 9.17) is 5.73 Å². The topological polar surface area (TPSA) is 105 Å². The average Bonchev–Trinajstić information content (AvgIpc) is 2.74. The van der Waals surface area contributed by atoms with E-state index in [9.17, 15) is 5.26 Å². The molecule has 0 saturated carbocycles. The molecule has 0 radical (unpaired) electrons. The highest BCUT2D eigenvalue weighted by atomic mass is 15.4. The smallest absolute Gasteiger partial charge is 0.253 e. The summed E-state index contributed by atoms with van der Waals surface area (Å²) in [6.07, 6.45) is 2.06. The summed E-state index contributed by atoms with van der Waals surface area (Å²) in [6.45, 7) is 6.60. The molecule has 0 fully saturated rings. The van der Waals surface area contributed by atoms with Crippen molar-refractivity contribution in [2.24, 2.45) is 0 Å². The number of nitrogens with one attached hydrogen (secondary N) is 1. The number of hydrogen-bond donors (Lipinski definition) is 2. The second-order valence-corrected chi connectivity index (χ2v) is 4.86. The Morgan fingerprint density at radius 3 is 2.57 bits per heavy atom. The molecule has 0 saturated heterocycles. The lowest BCUT2D eigenvalue weighted by atomic mass is 10.3. The molecule has 3 N–H and O–H groups in total. The summed E-state index contributed by atoms with van der Waals surface area (Å²) in [6, 6.07) is 3.95. The Bertz CT molecular complexity index is 661. The Labute approximate surface area is 123 Å². The lowest BCUT2D eigenvalue weighted by molar-refractivity contribution is 0.792. The normalized spacial score (nSPS) is 10.4. The molecule has 0 aliphatic rings. The number of unbranched alkanes of at least 4 members (excludes halogenated alkanes) is 1. The minimum absolute atomic E-state index is 0.251. The number of aryl methyl sites for hydroxylation is 2. The van der Waals surface area contributed by atoms with E-state index >= 15 is 0 Å². The molecule has 2 heterocycles. The standard InChI is InChI=1S/C14H19N7/c1-4-5-6-17-13-11(8-15)12(16)21(20-13)14-18-9(2)7-10(3)19-14/h7H,4-6,16H2,1-3H3,(H,17,20). The van der Waals surface area contributed by atoms with Crippen LogP contribution >= 0.6 is 0 Å². The van der Waals surface area contributed by atoms with Crippen molar-refractivity contribution in [2.75, 3.05) is 17.6 Å². The van der Waals surface area contributed by atoms with Gasteiger partial charge in [-0.05, 0) is 26.3 Å². The lowest BCUT2D eigenvalue weighted by Gasteiger charge is -2.04. The van der Waals surface area contributed by atoms with E-state index in [0.717, 1.165) is 30.8 Å². The van der Waals surface area contributed by atoms with Crippen molar-refractivity contribution < 1.29 is 0 Å². The fraction of sp³-hybridized carbons (Fsp3) is 0.429. The molecule has 0 unspecified atom stereocenters. The number of nitrogens with zero attached hydrogens (tertiary/aromatic N) is 5. The third-order valence-electron chi connectivity index (χ3n) is 3.02. The molecule has 0 spiro atoms. The van der Waals surface area contributed by atoms with Gasteiger partial charge in [-0.25, -0.2) is 9.97 Å². The Morgan fingerprint density at radius 2 is 2.00 bits per heavy atom. The van der Waals surface area contributed by atoms with Crippen LogP contribution in [0.25, 0.3) is 5.95 Å². The van der Waals surface area contributed by atoms with Crippen molar-refractivity contribution in [3.05, 3.63) is 23.0 Å². The van der Waals surface area contributed by atoms with Gasteiger partial charge in [-0.1, -0.05) is 13.3 Å². The van der Waals surface area contributed by atoms with Crippen LogP contribution in [0.4, 0.5) is 11.6 Å². The van der Waals surface area contributed by atoms with Gasteiger partial charge in [0.2, 0.25) is 0 Å². The Hall–Kier alpha value is -2.62. The Morgan fingerprint density at radius 1 is 1.33 bits per heavy atom. The van der Waals surface area contributed by atoms with Gasteiger partial charge in [0, 0.05) is 17.9 Å². The van der Waals surface area contributed by atoms with Crippen molar-refractivity contribution in [3.63, 3.8) is 0 Å². The fourth-order valence-corrected chi connectivity index (χ4v) is 2.00. The van der Waals surface area contributed by atoms with Gasteiger partial charge >= 0.3 is 0 Å². The van der Waals surface area contributed by atoms with Gasteiger partial charge in [0.25, 0.3) is 5.95 Å². The Kier molecular flexibility index (Phi) is 4.38. The number of rotatable bonds is 5. The molecule has 21 heavy (non-hydrogen) atoms. The number of nitrogen functional groups attached to an aromatic ring is 1. The second-order valence-electron chi connectivity index (χ2n) is 4.86. The maximum atomic E-state index is 9.26. The van der Waals surface area contributed by atoms with Crippen LogP contribution in [0.5, 0.6) is 0 Å². The molecule has 2 rings (SSSR count). The molecule has 110 valence electrons. The number of aromatic nitrogens is 4. The minimum Gasteiger partial charge on any atom is -0.382 e. The fourth-order valence-electron chi connectivity index (χ4n) is 2.00. The van der Waals surface area contributed by atoms with Gasteiger partial charge in [-0.15, -0.1) is 5.10 Å². The molecular weight excluding hydrogens is 266 g/mol. The van der Waals surface area contributed by atoms with E-state index in [-0.39, 0.29) is 5.82 Å². The number of anilines is 2. The molecule has 0 aliphatic carbocycles. The van der Waals surface area contributed by atoms with E-state index in [1.165, 1.54) is 4.68 Å². The van der Waals surface area contributed by atoms with Crippen molar-refractivity contribution in [1.82, 2.24) is 19.7 Å². The van der Waals surface area contributed by atoms with Crippen LogP contribution < -0.4 is 11.1 Å². The zero-order chi connectivity index (χ0) is 15.4. The van der Waals surface area contributed by atoms with Crippen LogP contribution in [-0.2, 0) is 0 Å². The summed E-state index contributed by atoms with van der Waals surface area (Å²) in [7, 11) is 0. The summed E-state index contributed by atoms with van der Waals surface area (Å²) in [4.78, 5) is 8.64. The van der Waals surface area contributed by atoms with Gasteiger partial charge < -0.3 is 11.1 Å². The third-order valence-corrected chi connectivity index (χ3v) is 3.02. The summed E-state index contributed by atoms with van der Waals surface area (Å²) in [5.41, 5.74) is 7.99. The summed E-state index contributed by atoms with van der Waals surface area (Å²) < 4.78 is 1.41. The summed E-state index contributed by atoms with van der Waals surface area (Å²) in [5.74, 6) is 1.11. The molecule has 0 aromatic carbocycles. The number of nitriles is 1. The number of hydrogen-bond acceptors (Lipinski definition) is 6. The van der Waals surface area contributed by atoms with E-state index in [1.807, 2.05) is 19.9 Å². The zero-order valence-corrected chi connectivity index (χ0v) is 12.5. The van der Waals surface area contributed by atoms with Crippen molar-refractivity contribution >= 4 is 11.6 Å². The summed E-state index contributed by atoms with van der Waals surface area (Å²) >= 11 is 0. The first-order valence-electron chi connectivity index (χ1n) is 6.92. The minimum atomic E-state index is 0.251. The lowest BCUT2D eigenvalue weighted by Crippen LogP contribution is -2.09. The van der Waals surface area contributed by atoms with Gasteiger partial charge in [0.05, 0.1) is 0 Å². The van der Waals surface area contributed by atoms with Crippen LogP contribution in [-0.4, -0.2) is 26.3 Å². The van der Waals surface area contributed by atoms with Gasteiger partial charge in [0.1, 0.15) is 11.6 Å². The van der Waals surface area contributed by atoms with Gasteiger partial charge in [-0.3, -0.25) is 0 Å². The highest BCUT2D eigenvalue weighted by molar-refractivity contribution is 5.65. The number of nitrogens with two attached hydrogens (primary N) is 1. The highest BCUT2D eigenvalue weighted by Crippen LogP contribution is 2.23. The quantitative estimate of drug-likeness (QED) is 0.813. The molecule has 0 amide bonds. The molecule has 0 atom stereocenters. The molecular formula is C14H19N7. The van der Waals surface area contributed by atoms with Crippen molar-refractivity contribution in [3.8, 4) is 12.0 Å². The first-order chi connectivity index (χ1) is 10.1. The molecule has 2 aromatic rings. The maximum absolute atomic E-state index is 9.26. The third kappa shape index (κ3) is 3.11.